The van der Waals surface area contributed by atoms with Crippen LogP contribution in [-0.2, 0) is 9.53 Å². The molecular formula is C15H22N2O4. The Morgan fingerprint density at radius 1 is 1.33 bits per heavy atom. The molecule has 1 fully saturated rings. The van der Waals surface area contributed by atoms with Crippen LogP contribution in [0.5, 0.6) is 0 Å². The van der Waals surface area contributed by atoms with Crippen LogP contribution in [0.3, 0.4) is 0 Å². The smallest absolute Gasteiger partial charge is 0.344 e. The van der Waals surface area contributed by atoms with Crippen molar-refractivity contribution in [1.82, 2.24) is 10.5 Å². The van der Waals surface area contributed by atoms with Crippen molar-refractivity contribution in [3.63, 3.8) is 0 Å². The average molecular weight is 294 g/mol. The summed E-state index contributed by atoms with van der Waals surface area (Å²) in [6.45, 7) is 5.17. The Morgan fingerprint density at radius 2 is 2.05 bits per heavy atom. The molecule has 2 rings (SSSR count). The van der Waals surface area contributed by atoms with Gasteiger partial charge in [0.15, 0.2) is 6.61 Å². The molecule has 0 radical (unpaired) electrons. The summed E-state index contributed by atoms with van der Waals surface area (Å²) in [6, 6.07) is 0.184. The molecule has 116 valence electrons. The fraction of sp³-hybridized carbons (Fsp3) is 0.667. The first kappa shape index (κ1) is 15.5. The number of aromatic nitrogens is 1. The molecule has 6 heteroatoms. The fourth-order valence-electron chi connectivity index (χ4n) is 2.76. The second-order valence-electron chi connectivity index (χ2n) is 5.71. The van der Waals surface area contributed by atoms with Gasteiger partial charge in [0.05, 0.1) is 5.69 Å². The van der Waals surface area contributed by atoms with Crippen molar-refractivity contribution in [2.24, 2.45) is 5.92 Å². The lowest BCUT2D eigenvalue weighted by atomic mass is 9.86. The number of aryl methyl sites for hydroxylation is 2. The SMILES string of the molecule is Cc1noc(C)c1C(=O)OCC(=O)N[C@H]1CCCC[C@H]1C. The lowest BCUT2D eigenvalue weighted by molar-refractivity contribution is -0.125. The monoisotopic (exact) mass is 294 g/mol. The van der Waals surface area contributed by atoms with E-state index in [0.29, 0.717) is 22.9 Å². The van der Waals surface area contributed by atoms with Gasteiger partial charge in [0, 0.05) is 6.04 Å². The molecule has 0 spiro atoms. The molecule has 1 aliphatic rings. The first-order chi connectivity index (χ1) is 9.99. The summed E-state index contributed by atoms with van der Waals surface area (Å²) >= 11 is 0. The van der Waals surface area contributed by atoms with Crippen LogP contribution in [0.4, 0.5) is 0 Å². The summed E-state index contributed by atoms with van der Waals surface area (Å²) in [6.07, 6.45) is 4.47. The van der Waals surface area contributed by atoms with Crippen molar-refractivity contribution in [1.29, 1.82) is 0 Å². The second-order valence-corrected chi connectivity index (χ2v) is 5.71. The highest BCUT2D eigenvalue weighted by atomic mass is 16.5. The molecule has 0 aromatic carbocycles. The second kappa shape index (κ2) is 6.74. The van der Waals surface area contributed by atoms with Gasteiger partial charge in [-0.2, -0.15) is 0 Å². The lowest BCUT2D eigenvalue weighted by Crippen LogP contribution is -2.42. The number of ether oxygens (including phenoxy) is 1. The molecule has 2 atom stereocenters. The first-order valence-corrected chi connectivity index (χ1v) is 7.38. The zero-order chi connectivity index (χ0) is 15.4. The van der Waals surface area contributed by atoms with Gasteiger partial charge in [-0.1, -0.05) is 24.9 Å². The normalized spacial score (nSPS) is 21.9. The number of nitrogens with one attached hydrogen (secondary N) is 1. The summed E-state index contributed by atoms with van der Waals surface area (Å²) in [5, 5.41) is 6.63. The minimum Gasteiger partial charge on any atom is -0.452 e. The predicted octanol–water partition coefficient (Wildman–Crippen LogP) is 2.14. The van der Waals surface area contributed by atoms with E-state index in [1.807, 2.05) is 0 Å². The minimum atomic E-state index is -0.571. The number of hydrogen-bond acceptors (Lipinski definition) is 5. The molecule has 0 unspecified atom stereocenters. The van der Waals surface area contributed by atoms with E-state index in [2.05, 4.69) is 17.4 Å². The van der Waals surface area contributed by atoms with E-state index < -0.39 is 5.97 Å². The number of esters is 1. The first-order valence-electron chi connectivity index (χ1n) is 7.38. The Kier molecular flexibility index (Phi) is 4.98. The highest BCUT2D eigenvalue weighted by Crippen LogP contribution is 2.23. The average Bonchev–Trinajstić information content (AvgIpc) is 2.78. The molecule has 0 saturated heterocycles. The number of hydrogen-bond donors (Lipinski definition) is 1. The van der Waals surface area contributed by atoms with Crippen molar-refractivity contribution in [2.75, 3.05) is 6.61 Å². The Morgan fingerprint density at radius 3 is 2.67 bits per heavy atom. The van der Waals surface area contributed by atoms with Crippen LogP contribution in [0.15, 0.2) is 4.52 Å². The highest BCUT2D eigenvalue weighted by molar-refractivity contribution is 5.93. The Balaban J connectivity index is 1.82. The molecule has 21 heavy (non-hydrogen) atoms. The quantitative estimate of drug-likeness (QED) is 0.860. The summed E-state index contributed by atoms with van der Waals surface area (Å²) in [5.41, 5.74) is 0.771. The molecule has 1 aliphatic carbocycles. The summed E-state index contributed by atoms with van der Waals surface area (Å²) in [4.78, 5) is 23.8. The Labute approximate surface area is 124 Å². The maximum Gasteiger partial charge on any atom is 0.344 e. The van der Waals surface area contributed by atoms with Crippen LogP contribution < -0.4 is 5.32 Å². The van der Waals surface area contributed by atoms with Gasteiger partial charge in [-0.05, 0) is 32.6 Å². The number of carbonyl (C=O) groups excluding carboxylic acids is 2. The predicted molar refractivity (Wildman–Crippen MR) is 75.8 cm³/mol. The van der Waals surface area contributed by atoms with Crippen molar-refractivity contribution in [2.45, 2.75) is 52.5 Å². The van der Waals surface area contributed by atoms with E-state index in [-0.39, 0.29) is 18.6 Å². The van der Waals surface area contributed by atoms with E-state index >= 15 is 0 Å². The van der Waals surface area contributed by atoms with Crippen molar-refractivity contribution in [3.05, 3.63) is 17.0 Å². The number of carbonyl (C=O) groups is 2. The summed E-state index contributed by atoms with van der Waals surface area (Å²) in [5.74, 6) is 0.0479. The Bertz CT molecular complexity index is 504. The molecular weight excluding hydrogens is 272 g/mol. The van der Waals surface area contributed by atoms with E-state index in [0.717, 1.165) is 19.3 Å². The van der Waals surface area contributed by atoms with Crippen LogP contribution in [-0.4, -0.2) is 29.7 Å². The molecule has 1 amide bonds. The van der Waals surface area contributed by atoms with Crippen LogP contribution in [0.2, 0.25) is 0 Å². The van der Waals surface area contributed by atoms with Gasteiger partial charge < -0.3 is 14.6 Å². The number of nitrogens with zero attached hydrogens (tertiary/aromatic N) is 1. The van der Waals surface area contributed by atoms with Gasteiger partial charge in [0.25, 0.3) is 5.91 Å². The van der Waals surface area contributed by atoms with Crippen molar-refractivity contribution < 1.29 is 18.8 Å². The van der Waals surface area contributed by atoms with Crippen LogP contribution in [0, 0.1) is 19.8 Å². The van der Waals surface area contributed by atoms with Gasteiger partial charge >= 0.3 is 5.97 Å². The standard InChI is InChI=1S/C15H22N2O4/c1-9-6-4-5-7-12(9)16-13(18)8-20-15(19)14-10(2)17-21-11(14)3/h9,12H,4-8H2,1-3H3,(H,16,18)/t9-,12+/m1/s1. The lowest BCUT2D eigenvalue weighted by Gasteiger charge is -2.29. The van der Waals surface area contributed by atoms with Crippen molar-refractivity contribution in [3.8, 4) is 0 Å². The third-order valence-corrected chi connectivity index (χ3v) is 4.03. The van der Waals surface area contributed by atoms with Gasteiger partial charge in [0.2, 0.25) is 0 Å². The molecule has 0 bridgehead atoms. The molecule has 1 aromatic rings. The molecule has 1 saturated carbocycles. The van der Waals surface area contributed by atoms with E-state index in [4.69, 9.17) is 9.26 Å². The van der Waals surface area contributed by atoms with Crippen LogP contribution >= 0.6 is 0 Å². The van der Waals surface area contributed by atoms with Crippen LogP contribution in [0.25, 0.3) is 0 Å². The third-order valence-electron chi connectivity index (χ3n) is 4.03. The minimum absolute atomic E-state index is 0.184. The molecule has 6 nitrogen and oxygen atoms in total. The molecule has 1 heterocycles. The maximum atomic E-state index is 11.9. The van der Waals surface area contributed by atoms with Gasteiger partial charge in [-0.3, -0.25) is 4.79 Å². The van der Waals surface area contributed by atoms with E-state index in [9.17, 15) is 9.59 Å². The van der Waals surface area contributed by atoms with E-state index in [1.54, 1.807) is 13.8 Å². The highest BCUT2D eigenvalue weighted by Gasteiger charge is 2.24. The zero-order valence-corrected chi connectivity index (χ0v) is 12.8. The zero-order valence-electron chi connectivity index (χ0n) is 12.8. The van der Waals surface area contributed by atoms with E-state index in [1.165, 1.54) is 6.42 Å². The largest absolute Gasteiger partial charge is 0.452 e. The number of amides is 1. The van der Waals surface area contributed by atoms with Gasteiger partial charge in [0.1, 0.15) is 11.3 Å². The number of rotatable bonds is 4. The third kappa shape index (κ3) is 3.83. The maximum absolute atomic E-state index is 11.9. The van der Waals surface area contributed by atoms with Crippen LogP contribution in [0.1, 0.15) is 54.4 Å². The topological polar surface area (TPSA) is 81.4 Å². The Hall–Kier alpha value is -1.85. The van der Waals surface area contributed by atoms with Gasteiger partial charge in [-0.15, -0.1) is 0 Å². The molecule has 1 N–H and O–H groups in total. The van der Waals surface area contributed by atoms with Crippen molar-refractivity contribution >= 4 is 11.9 Å². The van der Waals surface area contributed by atoms with Gasteiger partial charge in [-0.25, -0.2) is 4.79 Å². The summed E-state index contributed by atoms with van der Waals surface area (Å²) < 4.78 is 9.94. The molecule has 0 aliphatic heterocycles. The summed E-state index contributed by atoms with van der Waals surface area (Å²) in [7, 11) is 0. The fourth-order valence-corrected chi connectivity index (χ4v) is 2.76. The molecule has 1 aromatic heterocycles.